The van der Waals surface area contributed by atoms with E-state index in [-0.39, 0.29) is 24.8 Å². The van der Waals surface area contributed by atoms with Gasteiger partial charge in [0.25, 0.3) is 5.91 Å². The van der Waals surface area contributed by atoms with E-state index in [9.17, 15) is 9.18 Å². The van der Waals surface area contributed by atoms with Crippen LogP contribution in [0.4, 0.5) is 4.39 Å². The lowest BCUT2D eigenvalue weighted by Gasteiger charge is -2.02. The summed E-state index contributed by atoms with van der Waals surface area (Å²) in [5.74, 6) is 5.03. The normalized spacial score (nSPS) is 9.77. The van der Waals surface area contributed by atoms with Crippen molar-refractivity contribution in [1.82, 2.24) is 10.3 Å². The van der Waals surface area contributed by atoms with Crippen LogP contribution in [-0.2, 0) is 0 Å². The SMILES string of the molecule is Cc1nc(C)c(C(=O)NCC#CCOc2ccccc2F)s1. The van der Waals surface area contributed by atoms with Crippen molar-refractivity contribution in [2.24, 2.45) is 0 Å². The molecule has 22 heavy (non-hydrogen) atoms. The Balaban J connectivity index is 1.77. The summed E-state index contributed by atoms with van der Waals surface area (Å²) in [7, 11) is 0. The van der Waals surface area contributed by atoms with E-state index in [0.29, 0.717) is 4.88 Å². The third kappa shape index (κ3) is 4.30. The van der Waals surface area contributed by atoms with Crippen molar-refractivity contribution in [3.05, 3.63) is 45.7 Å². The molecule has 1 heterocycles. The maximum atomic E-state index is 13.3. The van der Waals surface area contributed by atoms with Crippen molar-refractivity contribution in [2.75, 3.05) is 13.2 Å². The highest BCUT2D eigenvalue weighted by atomic mass is 32.1. The number of aromatic nitrogens is 1. The molecule has 0 bridgehead atoms. The van der Waals surface area contributed by atoms with Crippen LogP contribution in [0.2, 0.25) is 0 Å². The van der Waals surface area contributed by atoms with Crippen molar-refractivity contribution in [1.29, 1.82) is 0 Å². The largest absolute Gasteiger partial charge is 0.478 e. The number of carbonyl (C=O) groups is 1. The standard InChI is InChI=1S/C16H15FN2O2S/c1-11-15(22-12(2)19-11)16(20)18-9-5-6-10-21-14-8-4-3-7-13(14)17/h3-4,7-8H,9-10H2,1-2H3,(H,18,20). The Kier molecular flexibility index (Phi) is 5.50. The van der Waals surface area contributed by atoms with Gasteiger partial charge in [-0.1, -0.05) is 24.0 Å². The van der Waals surface area contributed by atoms with Gasteiger partial charge in [0, 0.05) is 0 Å². The predicted octanol–water partition coefficient (Wildman–Crippen LogP) is 2.71. The van der Waals surface area contributed by atoms with E-state index in [0.717, 1.165) is 10.7 Å². The molecule has 1 amide bonds. The van der Waals surface area contributed by atoms with E-state index in [2.05, 4.69) is 22.1 Å². The first-order chi connectivity index (χ1) is 10.6. The number of hydrogen-bond donors (Lipinski definition) is 1. The van der Waals surface area contributed by atoms with E-state index >= 15 is 0 Å². The number of carbonyl (C=O) groups excluding carboxylic acids is 1. The van der Waals surface area contributed by atoms with Gasteiger partial charge in [-0.25, -0.2) is 9.37 Å². The van der Waals surface area contributed by atoms with Crippen LogP contribution in [0.15, 0.2) is 24.3 Å². The summed E-state index contributed by atoms with van der Waals surface area (Å²) >= 11 is 1.35. The van der Waals surface area contributed by atoms with E-state index < -0.39 is 5.82 Å². The second-order valence-electron chi connectivity index (χ2n) is 4.40. The Hall–Kier alpha value is -2.39. The molecule has 0 atom stereocenters. The third-order valence-electron chi connectivity index (χ3n) is 2.71. The second-order valence-corrected chi connectivity index (χ2v) is 5.61. The van der Waals surface area contributed by atoms with Crippen LogP contribution in [0.5, 0.6) is 5.75 Å². The zero-order valence-electron chi connectivity index (χ0n) is 12.3. The topological polar surface area (TPSA) is 51.2 Å². The molecule has 2 aromatic rings. The molecule has 4 nitrogen and oxygen atoms in total. The van der Waals surface area contributed by atoms with Crippen LogP contribution in [0.1, 0.15) is 20.4 Å². The molecule has 0 unspecified atom stereocenters. The number of rotatable bonds is 4. The van der Waals surface area contributed by atoms with E-state index in [1.807, 2.05) is 6.92 Å². The van der Waals surface area contributed by atoms with Gasteiger partial charge in [0.1, 0.15) is 11.5 Å². The van der Waals surface area contributed by atoms with Crippen LogP contribution < -0.4 is 10.1 Å². The van der Waals surface area contributed by atoms with Gasteiger partial charge in [0.15, 0.2) is 11.6 Å². The Morgan fingerprint density at radius 2 is 2.14 bits per heavy atom. The molecule has 1 aromatic carbocycles. The number of para-hydroxylation sites is 1. The third-order valence-corrected chi connectivity index (χ3v) is 3.78. The zero-order chi connectivity index (χ0) is 15.9. The molecule has 0 saturated heterocycles. The molecule has 0 aliphatic carbocycles. The van der Waals surface area contributed by atoms with Crippen LogP contribution in [0.25, 0.3) is 0 Å². The maximum Gasteiger partial charge on any atom is 0.264 e. The molecule has 0 aliphatic rings. The molecule has 1 aromatic heterocycles. The summed E-state index contributed by atoms with van der Waals surface area (Å²) in [6, 6.07) is 6.13. The Labute approximate surface area is 132 Å². The minimum absolute atomic E-state index is 0.0650. The molecule has 2 rings (SSSR count). The van der Waals surface area contributed by atoms with Crippen LogP contribution in [0, 0.1) is 31.5 Å². The number of nitrogens with one attached hydrogen (secondary N) is 1. The number of ether oxygens (including phenoxy) is 1. The molecule has 6 heteroatoms. The molecular weight excluding hydrogens is 303 g/mol. The highest BCUT2D eigenvalue weighted by Crippen LogP contribution is 2.16. The molecule has 0 spiro atoms. The monoisotopic (exact) mass is 318 g/mol. The van der Waals surface area contributed by atoms with Gasteiger partial charge in [-0.15, -0.1) is 11.3 Å². The molecule has 1 N–H and O–H groups in total. The predicted molar refractivity (Wildman–Crippen MR) is 83.6 cm³/mol. The van der Waals surface area contributed by atoms with E-state index in [4.69, 9.17) is 4.74 Å². The van der Waals surface area contributed by atoms with Gasteiger partial charge >= 0.3 is 0 Å². The quantitative estimate of drug-likeness (QED) is 0.882. The number of hydrogen-bond acceptors (Lipinski definition) is 4. The summed E-state index contributed by atoms with van der Waals surface area (Å²) in [5, 5.41) is 3.55. The Morgan fingerprint density at radius 1 is 1.36 bits per heavy atom. The minimum Gasteiger partial charge on any atom is -0.478 e. The first kappa shape index (κ1) is 16.0. The zero-order valence-corrected chi connectivity index (χ0v) is 13.1. The molecule has 0 saturated carbocycles. The summed E-state index contributed by atoms with van der Waals surface area (Å²) in [4.78, 5) is 16.7. The van der Waals surface area contributed by atoms with Crippen LogP contribution in [-0.4, -0.2) is 24.0 Å². The molecular formula is C16H15FN2O2S. The van der Waals surface area contributed by atoms with Gasteiger partial charge in [0.05, 0.1) is 17.2 Å². The fourth-order valence-corrected chi connectivity index (χ4v) is 2.57. The van der Waals surface area contributed by atoms with Crippen LogP contribution >= 0.6 is 11.3 Å². The van der Waals surface area contributed by atoms with Crippen molar-refractivity contribution >= 4 is 17.2 Å². The van der Waals surface area contributed by atoms with Crippen molar-refractivity contribution < 1.29 is 13.9 Å². The first-order valence-corrected chi connectivity index (χ1v) is 7.45. The number of thiazole rings is 1. The van der Waals surface area contributed by atoms with Gasteiger partial charge in [-0.2, -0.15) is 0 Å². The summed E-state index contributed by atoms with van der Waals surface area (Å²) in [5.41, 5.74) is 0.718. The smallest absolute Gasteiger partial charge is 0.264 e. The fourth-order valence-electron chi connectivity index (χ4n) is 1.74. The first-order valence-electron chi connectivity index (χ1n) is 6.63. The second kappa shape index (κ2) is 7.57. The molecule has 0 radical (unpaired) electrons. The number of nitrogens with zero attached hydrogens (tertiary/aromatic N) is 1. The highest BCUT2D eigenvalue weighted by molar-refractivity contribution is 7.13. The van der Waals surface area contributed by atoms with Crippen LogP contribution in [0.3, 0.4) is 0 Å². The summed E-state index contributed by atoms with van der Waals surface area (Å²) in [6.07, 6.45) is 0. The van der Waals surface area contributed by atoms with E-state index in [1.54, 1.807) is 19.1 Å². The average molecular weight is 318 g/mol. The van der Waals surface area contributed by atoms with E-state index in [1.165, 1.54) is 23.5 Å². The maximum absolute atomic E-state index is 13.3. The van der Waals surface area contributed by atoms with Crippen molar-refractivity contribution in [3.8, 4) is 17.6 Å². The Bertz CT molecular complexity index is 731. The Morgan fingerprint density at radius 3 is 2.82 bits per heavy atom. The van der Waals surface area contributed by atoms with Crippen molar-refractivity contribution in [2.45, 2.75) is 13.8 Å². The van der Waals surface area contributed by atoms with Gasteiger partial charge < -0.3 is 10.1 Å². The summed E-state index contributed by atoms with van der Waals surface area (Å²) in [6.45, 7) is 3.92. The van der Waals surface area contributed by atoms with Gasteiger partial charge in [0.2, 0.25) is 0 Å². The summed E-state index contributed by atoms with van der Waals surface area (Å²) < 4.78 is 18.4. The number of amides is 1. The number of aryl methyl sites for hydroxylation is 2. The van der Waals surface area contributed by atoms with Crippen molar-refractivity contribution in [3.63, 3.8) is 0 Å². The minimum atomic E-state index is -0.423. The number of benzene rings is 1. The molecule has 114 valence electrons. The number of halogens is 1. The molecule has 0 aliphatic heterocycles. The molecule has 0 fully saturated rings. The lowest BCUT2D eigenvalue weighted by atomic mass is 10.3. The van der Waals surface area contributed by atoms with Gasteiger partial charge in [-0.3, -0.25) is 4.79 Å². The highest BCUT2D eigenvalue weighted by Gasteiger charge is 2.12. The lowest BCUT2D eigenvalue weighted by Crippen LogP contribution is -2.23. The lowest BCUT2D eigenvalue weighted by molar-refractivity contribution is 0.0962. The van der Waals surface area contributed by atoms with Gasteiger partial charge in [-0.05, 0) is 26.0 Å². The average Bonchev–Trinajstić information content (AvgIpc) is 2.83. The fraction of sp³-hybridized carbons (Fsp3) is 0.250.